The topological polar surface area (TPSA) is 108 Å². The van der Waals surface area contributed by atoms with Crippen LogP contribution >= 0.6 is 0 Å². The summed E-state index contributed by atoms with van der Waals surface area (Å²) >= 11 is 0. The molecule has 1 aromatic rings. The Morgan fingerprint density at radius 1 is 1.17 bits per heavy atom. The highest BCUT2D eigenvalue weighted by Crippen LogP contribution is 2.17. The summed E-state index contributed by atoms with van der Waals surface area (Å²) in [5.41, 5.74) is -0.385. The van der Waals surface area contributed by atoms with Crippen LogP contribution < -0.4 is 16.0 Å². The zero-order chi connectivity index (χ0) is 17.5. The van der Waals surface area contributed by atoms with E-state index < -0.39 is 23.7 Å². The first-order chi connectivity index (χ1) is 11.5. The minimum absolute atomic E-state index is 0.117. The first-order valence-electron chi connectivity index (χ1n) is 7.83. The molecule has 1 fully saturated rings. The van der Waals surface area contributed by atoms with E-state index in [-0.39, 0.29) is 23.8 Å². The van der Waals surface area contributed by atoms with Gasteiger partial charge in [0.2, 0.25) is 5.91 Å². The Bertz CT molecular complexity index is 630. The number of aromatic carboxylic acids is 1. The van der Waals surface area contributed by atoms with Gasteiger partial charge in [-0.15, -0.1) is 0 Å². The Kier molecular flexibility index (Phi) is 6.11. The first kappa shape index (κ1) is 17.7. The minimum atomic E-state index is -1.23. The molecule has 0 heterocycles. The molecule has 0 unspecified atom stereocenters. The fraction of sp³-hybridized carbons (Fsp3) is 0.438. The number of amides is 3. The molecule has 1 saturated carbocycles. The molecule has 1 aliphatic carbocycles. The van der Waals surface area contributed by atoms with Gasteiger partial charge in [0.25, 0.3) is 0 Å². The second-order valence-electron chi connectivity index (χ2n) is 5.71. The van der Waals surface area contributed by atoms with Crippen LogP contribution in [0.5, 0.6) is 0 Å². The van der Waals surface area contributed by atoms with Gasteiger partial charge in [-0.05, 0) is 31.0 Å². The van der Waals surface area contributed by atoms with E-state index in [1.165, 1.54) is 6.42 Å². The molecule has 1 aliphatic rings. The predicted octanol–water partition coefficient (Wildman–Crippen LogP) is 2.09. The SMILES string of the molecule is O=C(CNC(=O)NC1CCCCC1)Nc1cc(C(=O)O)ccc1F. The second-order valence-corrected chi connectivity index (χ2v) is 5.71. The van der Waals surface area contributed by atoms with Gasteiger partial charge in [-0.25, -0.2) is 14.0 Å². The highest BCUT2D eigenvalue weighted by atomic mass is 19.1. The maximum atomic E-state index is 13.6. The molecule has 3 amide bonds. The van der Waals surface area contributed by atoms with Crippen LogP contribution in [-0.4, -0.2) is 35.6 Å². The van der Waals surface area contributed by atoms with Crippen LogP contribution in [0.2, 0.25) is 0 Å². The normalized spacial score (nSPS) is 14.7. The summed E-state index contributed by atoms with van der Waals surface area (Å²) in [5.74, 6) is -2.62. The van der Waals surface area contributed by atoms with Crippen LogP contribution in [0, 0.1) is 5.82 Å². The number of hydrogen-bond acceptors (Lipinski definition) is 3. The van der Waals surface area contributed by atoms with Crippen LogP contribution in [0.1, 0.15) is 42.5 Å². The van der Waals surface area contributed by atoms with Crippen LogP contribution in [0.3, 0.4) is 0 Å². The highest BCUT2D eigenvalue weighted by Gasteiger charge is 2.16. The lowest BCUT2D eigenvalue weighted by molar-refractivity contribution is -0.115. The molecule has 7 nitrogen and oxygen atoms in total. The van der Waals surface area contributed by atoms with Crippen molar-refractivity contribution >= 4 is 23.6 Å². The lowest BCUT2D eigenvalue weighted by atomic mass is 9.96. The molecule has 0 radical (unpaired) electrons. The zero-order valence-corrected chi connectivity index (χ0v) is 13.1. The van der Waals surface area contributed by atoms with E-state index in [2.05, 4.69) is 16.0 Å². The van der Waals surface area contributed by atoms with Crippen molar-refractivity contribution in [2.45, 2.75) is 38.1 Å². The molecule has 130 valence electrons. The molecule has 2 rings (SSSR count). The van der Waals surface area contributed by atoms with Gasteiger partial charge in [-0.2, -0.15) is 0 Å². The van der Waals surface area contributed by atoms with Gasteiger partial charge < -0.3 is 21.1 Å². The molecule has 0 saturated heterocycles. The summed E-state index contributed by atoms with van der Waals surface area (Å²) in [6, 6.07) is 2.76. The number of urea groups is 1. The third-order valence-corrected chi connectivity index (χ3v) is 3.84. The second kappa shape index (κ2) is 8.28. The fourth-order valence-electron chi connectivity index (χ4n) is 2.59. The number of hydrogen-bond donors (Lipinski definition) is 4. The maximum absolute atomic E-state index is 13.6. The molecular weight excluding hydrogens is 317 g/mol. The van der Waals surface area contributed by atoms with Gasteiger partial charge in [-0.3, -0.25) is 4.79 Å². The number of carboxylic acids is 1. The predicted molar refractivity (Wildman–Crippen MR) is 85.4 cm³/mol. The smallest absolute Gasteiger partial charge is 0.335 e. The van der Waals surface area contributed by atoms with Crippen LogP contribution in [0.25, 0.3) is 0 Å². The average Bonchev–Trinajstić information content (AvgIpc) is 2.56. The van der Waals surface area contributed by atoms with Crippen molar-refractivity contribution in [1.82, 2.24) is 10.6 Å². The largest absolute Gasteiger partial charge is 0.478 e. The Hall–Kier alpha value is -2.64. The number of carbonyl (C=O) groups is 3. The van der Waals surface area contributed by atoms with E-state index in [0.717, 1.165) is 43.9 Å². The van der Waals surface area contributed by atoms with Gasteiger partial charge >= 0.3 is 12.0 Å². The highest BCUT2D eigenvalue weighted by molar-refractivity contribution is 5.96. The van der Waals surface area contributed by atoms with Crippen molar-refractivity contribution in [3.63, 3.8) is 0 Å². The number of carboxylic acid groups (broad SMARTS) is 1. The standard InChI is InChI=1S/C16H20FN3O4/c17-12-7-6-10(15(22)23)8-13(12)20-14(21)9-18-16(24)19-11-4-2-1-3-5-11/h6-8,11H,1-5,9H2,(H,20,21)(H,22,23)(H2,18,19,24). The summed E-state index contributed by atoms with van der Waals surface area (Å²) < 4.78 is 13.6. The molecule has 0 bridgehead atoms. The van der Waals surface area contributed by atoms with Gasteiger partial charge in [0, 0.05) is 6.04 Å². The van der Waals surface area contributed by atoms with Crippen molar-refractivity contribution in [2.24, 2.45) is 0 Å². The van der Waals surface area contributed by atoms with Crippen LogP contribution in [0.4, 0.5) is 14.9 Å². The summed E-state index contributed by atoms with van der Waals surface area (Å²) in [5, 5.41) is 16.3. The summed E-state index contributed by atoms with van der Waals surface area (Å²) in [6.07, 6.45) is 5.16. The molecule has 1 aromatic carbocycles. The number of halogens is 1. The van der Waals surface area contributed by atoms with Gasteiger partial charge in [0.05, 0.1) is 17.8 Å². The number of rotatable bonds is 5. The molecule has 0 aromatic heterocycles. The van der Waals surface area contributed by atoms with E-state index in [9.17, 15) is 18.8 Å². The fourth-order valence-corrected chi connectivity index (χ4v) is 2.59. The summed E-state index contributed by atoms with van der Waals surface area (Å²) in [7, 11) is 0. The Labute approximate surface area is 138 Å². The van der Waals surface area contributed by atoms with Gasteiger partial charge in [0.15, 0.2) is 0 Å². The maximum Gasteiger partial charge on any atom is 0.335 e. The number of carbonyl (C=O) groups excluding carboxylic acids is 2. The summed E-state index contributed by atoms with van der Waals surface area (Å²) in [4.78, 5) is 34.4. The van der Waals surface area contributed by atoms with E-state index in [1.807, 2.05) is 0 Å². The molecular formula is C16H20FN3O4. The molecule has 24 heavy (non-hydrogen) atoms. The Balaban J connectivity index is 1.81. The summed E-state index contributed by atoms with van der Waals surface area (Å²) in [6.45, 7) is -0.338. The van der Waals surface area contributed by atoms with Crippen molar-refractivity contribution in [1.29, 1.82) is 0 Å². The van der Waals surface area contributed by atoms with Crippen molar-refractivity contribution < 1.29 is 23.9 Å². The van der Waals surface area contributed by atoms with Crippen LogP contribution in [0.15, 0.2) is 18.2 Å². The Morgan fingerprint density at radius 3 is 2.54 bits per heavy atom. The zero-order valence-electron chi connectivity index (χ0n) is 13.1. The minimum Gasteiger partial charge on any atom is -0.478 e. The molecule has 0 spiro atoms. The van der Waals surface area contributed by atoms with E-state index in [4.69, 9.17) is 5.11 Å². The van der Waals surface area contributed by atoms with E-state index in [1.54, 1.807) is 0 Å². The lowest BCUT2D eigenvalue weighted by Gasteiger charge is -2.22. The van der Waals surface area contributed by atoms with Gasteiger partial charge in [-0.1, -0.05) is 19.3 Å². The van der Waals surface area contributed by atoms with Crippen LogP contribution in [-0.2, 0) is 4.79 Å². The molecule has 0 atom stereocenters. The molecule has 4 N–H and O–H groups in total. The lowest BCUT2D eigenvalue weighted by Crippen LogP contribution is -2.45. The van der Waals surface area contributed by atoms with Crippen molar-refractivity contribution in [2.75, 3.05) is 11.9 Å². The third kappa shape index (κ3) is 5.22. The molecule has 0 aliphatic heterocycles. The first-order valence-corrected chi connectivity index (χ1v) is 7.83. The number of nitrogens with one attached hydrogen (secondary N) is 3. The van der Waals surface area contributed by atoms with Crippen molar-refractivity contribution in [3.05, 3.63) is 29.6 Å². The monoisotopic (exact) mass is 337 g/mol. The van der Waals surface area contributed by atoms with E-state index >= 15 is 0 Å². The molecule has 8 heteroatoms. The van der Waals surface area contributed by atoms with Gasteiger partial charge in [0.1, 0.15) is 5.82 Å². The average molecular weight is 337 g/mol. The number of anilines is 1. The third-order valence-electron chi connectivity index (χ3n) is 3.84. The van der Waals surface area contributed by atoms with Crippen molar-refractivity contribution in [3.8, 4) is 0 Å². The number of benzene rings is 1. The Morgan fingerprint density at radius 2 is 1.88 bits per heavy atom. The van der Waals surface area contributed by atoms with E-state index in [0.29, 0.717) is 0 Å². The quantitative estimate of drug-likeness (QED) is 0.660.